The fraction of sp³-hybridized carbons (Fsp3) is 0.0714. The Morgan fingerprint density at radius 2 is 1.76 bits per heavy atom. The molecule has 0 N–H and O–H groups in total. The molecule has 0 bridgehead atoms. The molecule has 0 heterocycles. The van der Waals surface area contributed by atoms with Crippen LogP contribution in [0.15, 0.2) is 47.4 Å². The molecule has 0 saturated carbocycles. The molecule has 0 spiro atoms. The minimum Gasteiger partial charge on any atom is -0.421 e. The second-order valence-electron chi connectivity index (χ2n) is 4.59. The number of alkyl halides is 2. The summed E-state index contributed by atoms with van der Waals surface area (Å²) < 4.78 is 52.4. The number of halogens is 3. The van der Waals surface area contributed by atoms with Crippen molar-refractivity contribution in [3.8, 4) is 5.75 Å². The van der Waals surface area contributed by atoms with Crippen LogP contribution in [0.25, 0.3) is 0 Å². The molecule has 0 aromatic heterocycles. The van der Waals surface area contributed by atoms with E-state index in [1.165, 1.54) is 0 Å². The number of non-ortho nitro benzene ring substituents is 1. The molecule has 0 amide bonds. The van der Waals surface area contributed by atoms with Crippen LogP contribution in [-0.4, -0.2) is 25.1 Å². The number of sulfone groups is 1. The molecule has 0 saturated heterocycles. The van der Waals surface area contributed by atoms with Gasteiger partial charge in [-0.15, -0.1) is 0 Å². The van der Waals surface area contributed by atoms with Crippen molar-refractivity contribution in [2.75, 3.05) is 0 Å². The molecule has 0 atom stereocenters. The summed E-state index contributed by atoms with van der Waals surface area (Å²) >= 11 is 5.78. The first kappa shape index (κ1) is 18.7. The van der Waals surface area contributed by atoms with E-state index in [1.807, 2.05) is 0 Å². The molecule has 11 heteroatoms. The van der Waals surface area contributed by atoms with Gasteiger partial charge in [-0.25, -0.2) is 13.2 Å². The fourth-order valence-electron chi connectivity index (χ4n) is 1.73. The van der Waals surface area contributed by atoms with Crippen molar-refractivity contribution >= 4 is 33.1 Å². The smallest absolute Gasteiger partial charge is 0.343 e. The Labute approximate surface area is 144 Å². The van der Waals surface area contributed by atoms with Crippen LogP contribution in [0, 0.1) is 10.1 Å². The molecule has 0 unspecified atom stereocenters. The Morgan fingerprint density at radius 3 is 2.24 bits per heavy atom. The summed E-state index contributed by atoms with van der Waals surface area (Å²) in [6, 6.07) is 6.86. The lowest BCUT2D eigenvalue weighted by Crippen LogP contribution is -2.13. The SMILES string of the molecule is O=C(Oc1ccc([N+](=O)[O-])cc1Cl)c1ccc(S(=O)(=O)C(F)F)cc1. The molecule has 0 radical (unpaired) electrons. The number of benzene rings is 2. The Kier molecular flexibility index (Phi) is 5.33. The highest BCUT2D eigenvalue weighted by Gasteiger charge is 2.26. The number of carbonyl (C=O) groups is 1. The van der Waals surface area contributed by atoms with Crippen LogP contribution in [0.4, 0.5) is 14.5 Å². The van der Waals surface area contributed by atoms with Gasteiger partial charge in [0, 0.05) is 12.1 Å². The summed E-state index contributed by atoms with van der Waals surface area (Å²) in [5.74, 6) is -4.68. The van der Waals surface area contributed by atoms with Crippen LogP contribution in [0.2, 0.25) is 5.02 Å². The lowest BCUT2D eigenvalue weighted by atomic mass is 10.2. The molecule has 0 aliphatic rings. The van der Waals surface area contributed by atoms with Crippen LogP contribution in [0.1, 0.15) is 10.4 Å². The van der Waals surface area contributed by atoms with E-state index in [9.17, 15) is 32.1 Å². The second kappa shape index (κ2) is 7.11. The van der Waals surface area contributed by atoms with E-state index in [-0.39, 0.29) is 22.0 Å². The minimum atomic E-state index is -4.77. The summed E-state index contributed by atoms with van der Waals surface area (Å²) in [7, 11) is -4.77. The number of nitrogens with zero attached hydrogens (tertiary/aromatic N) is 1. The summed E-state index contributed by atoms with van der Waals surface area (Å²) in [5, 5.41) is 10.4. The Bertz CT molecular complexity index is 931. The van der Waals surface area contributed by atoms with Gasteiger partial charge in [0.2, 0.25) is 9.84 Å². The second-order valence-corrected chi connectivity index (χ2v) is 6.92. The van der Waals surface area contributed by atoms with Gasteiger partial charge in [-0.1, -0.05) is 11.6 Å². The number of nitro groups is 1. The van der Waals surface area contributed by atoms with Gasteiger partial charge in [0.15, 0.2) is 0 Å². The Morgan fingerprint density at radius 1 is 1.16 bits per heavy atom. The number of rotatable bonds is 5. The van der Waals surface area contributed by atoms with Gasteiger partial charge in [0.25, 0.3) is 5.69 Å². The first-order chi connectivity index (χ1) is 11.6. The fourth-order valence-corrected chi connectivity index (χ4v) is 2.66. The number of ether oxygens (including phenoxy) is 1. The number of hydrogen-bond donors (Lipinski definition) is 0. The third-order valence-electron chi connectivity index (χ3n) is 2.98. The molecule has 2 rings (SSSR count). The van der Waals surface area contributed by atoms with E-state index in [1.54, 1.807) is 0 Å². The van der Waals surface area contributed by atoms with Crippen LogP contribution < -0.4 is 4.74 Å². The molecule has 0 aliphatic heterocycles. The normalized spacial score (nSPS) is 11.4. The summed E-state index contributed by atoms with van der Waals surface area (Å²) in [4.78, 5) is 21.2. The van der Waals surface area contributed by atoms with Crippen molar-refractivity contribution in [1.29, 1.82) is 0 Å². The highest BCUT2D eigenvalue weighted by molar-refractivity contribution is 7.91. The maximum Gasteiger partial charge on any atom is 0.343 e. The van der Waals surface area contributed by atoms with E-state index in [4.69, 9.17) is 16.3 Å². The average molecular weight is 392 g/mol. The minimum absolute atomic E-state index is 0.123. The van der Waals surface area contributed by atoms with Crippen molar-refractivity contribution < 1.29 is 31.7 Å². The summed E-state index contributed by atoms with van der Waals surface area (Å²) in [6.07, 6.45) is 0. The van der Waals surface area contributed by atoms with E-state index in [0.717, 1.165) is 42.5 Å². The zero-order chi connectivity index (χ0) is 18.8. The number of carbonyl (C=O) groups excluding carboxylic acids is 1. The molecule has 7 nitrogen and oxygen atoms in total. The molecule has 132 valence electrons. The highest BCUT2D eigenvalue weighted by Crippen LogP contribution is 2.29. The predicted molar refractivity (Wildman–Crippen MR) is 82.7 cm³/mol. The Hall–Kier alpha value is -2.59. The van der Waals surface area contributed by atoms with Gasteiger partial charge < -0.3 is 4.74 Å². The molecule has 0 fully saturated rings. The maximum atomic E-state index is 12.4. The molecule has 2 aromatic rings. The number of nitro benzene ring substituents is 1. The molecule has 2 aromatic carbocycles. The average Bonchev–Trinajstić information content (AvgIpc) is 2.56. The summed E-state index contributed by atoms with van der Waals surface area (Å²) in [5.41, 5.74) is -0.422. The number of hydrogen-bond acceptors (Lipinski definition) is 6. The first-order valence-electron chi connectivity index (χ1n) is 6.41. The van der Waals surface area contributed by atoms with E-state index in [0.29, 0.717) is 0 Å². The third kappa shape index (κ3) is 4.09. The summed E-state index contributed by atoms with van der Waals surface area (Å²) in [6.45, 7) is 0. The van der Waals surface area contributed by atoms with Crippen LogP contribution in [0.3, 0.4) is 0 Å². The van der Waals surface area contributed by atoms with Gasteiger partial charge in [0.1, 0.15) is 5.75 Å². The zero-order valence-electron chi connectivity index (χ0n) is 12.1. The van der Waals surface area contributed by atoms with Crippen molar-refractivity contribution in [1.82, 2.24) is 0 Å². The van der Waals surface area contributed by atoms with Gasteiger partial charge >= 0.3 is 11.7 Å². The van der Waals surface area contributed by atoms with E-state index >= 15 is 0 Å². The monoisotopic (exact) mass is 391 g/mol. The van der Waals surface area contributed by atoms with Gasteiger partial charge in [-0.05, 0) is 30.3 Å². The van der Waals surface area contributed by atoms with Crippen LogP contribution in [0.5, 0.6) is 5.75 Å². The largest absolute Gasteiger partial charge is 0.421 e. The molecular weight excluding hydrogens is 384 g/mol. The third-order valence-corrected chi connectivity index (χ3v) is 4.68. The molecule has 25 heavy (non-hydrogen) atoms. The topological polar surface area (TPSA) is 104 Å². The van der Waals surface area contributed by atoms with Crippen LogP contribution in [-0.2, 0) is 9.84 Å². The standard InChI is InChI=1S/C14H8ClF2NO6S/c15-11-7-9(18(20)21)3-6-12(11)24-13(19)8-1-4-10(5-2-8)25(22,23)14(16)17/h1-7,14H. The lowest BCUT2D eigenvalue weighted by molar-refractivity contribution is -0.384. The number of esters is 1. The molecular formula is C14H8ClF2NO6S. The predicted octanol–water partition coefficient (Wildman–Crippen LogP) is 3.46. The van der Waals surface area contributed by atoms with Crippen molar-refractivity contribution in [2.45, 2.75) is 10.7 Å². The van der Waals surface area contributed by atoms with E-state index in [2.05, 4.69) is 0 Å². The maximum absolute atomic E-state index is 12.4. The highest BCUT2D eigenvalue weighted by atomic mass is 35.5. The lowest BCUT2D eigenvalue weighted by Gasteiger charge is -2.07. The zero-order valence-corrected chi connectivity index (χ0v) is 13.6. The van der Waals surface area contributed by atoms with E-state index < -0.39 is 31.4 Å². The van der Waals surface area contributed by atoms with Crippen molar-refractivity contribution in [3.05, 3.63) is 63.2 Å². The van der Waals surface area contributed by atoms with Gasteiger partial charge in [0.05, 0.1) is 20.4 Å². The Balaban J connectivity index is 2.21. The van der Waals surface area contributed by atoms with Gasteiger partial charge in [-0.2, -0.15) is 8.78 Å². The van der Waals surface area contributed by atoms with Crippen molar-refractivity contribution in [3.63, 3.8) is 0 Å². The first-order valence-corrected chi connectivity index (χ1v) is 8.33. The van der Waals surface area contributed by atoms with Crippen molar-refractivity contribution in [2.24, 2.45) is 0 Å². The molecule has 0 aliphatic carbocycles. The quantitative estimate of drug-likeness (QED) is 0.334. The van der Waals surface area contributed by atoms with Gasteiger partial charge in [-0.3, -0.25) is 10.1 Å². The van der Waals surface area contributed by atoms with Crippen LogP contribution >= 0.6 is 11.6 Å².